The number of amides is 2. The fraction of sp³-hybridized carbons (Fsp3) is 0.406. The van der Waals surface area contributed by atoms with Crippen molar-refractivity contribution in [2.75, 3.05) is 5.75 Å². The zero-order valence-electron chi connectivity index (χ0n) is 22.8. The molecular weight excluding hydrogens is 524 g/mol. The number of ether oxygens (including phenoxy) is 1. The van der Waals surface area contributed by atoms with Crippen LogP contribution in [0.4, 0.5) is 4.79 Å². The molecule has 1 aliphatic carbocycles. The molecule has 40 heavy (non-hydrogen) atoms. The zero-order chi connectivity index (χ0) is 28.0. The summed E-state index contributed by atoms with van der Waals surface area (Å²) in [5.41, 5.74) is 1.82. The number of Topliss-reactive ketones (excluding diaryl/α,β-unsaturated/α-hetero) is 1. The average molecular weight is 563 g/mol. The van der Waals surface area contributed by atoms with Gasteiger partial charge in [-0.25, -0.2) is 4.79 Å². The predicted octanol–water partition coefficient (Wildman–Crippen LogP) is 6.07. The largest absolute Gasteiger partial charge is 0.468 e. The van der Waals surface area contributed by atoms with E-state index in [-0.39, 0.29) is 24.1 Å². The molecule has 7 nitrogen and oxygen atoms in total. The number of alkyl carbamates (subject to hydrolysis) is 1. The third kappa shape index (κ3) is 9.90. The van der Waals surface area contributed by atoms with Gasteiger partial charge >= 0.3 is 6.09 Å². The first-order valence-electron chi connectivity index (χ1n) is 14.0. The Hall–Kier alpha value is -3.52. The Kier molecular flexibility index (Phi) is 11.7. The highest BCUT2D eigenvalue weighted by atomic mass is 32.2. The number of thioether (sulfide) groups is 1. The molecule has 2 aromatic carbocycles. The smallest absolute Gasteiger partial charge is 0.408 e. The molecule has 2 N–H and O–H groups in total. The van der Waals surface area contributed by atoms with Gasteiger partial charge in [-0.15, -0.1) is 11.8 Å². The first kappa shape index (κ1) is 29.5. The number of ketones is 1. The third-order valence-corrected chi connectivity index (χ3v) is 8.15. The van der Waals surface area contributed by atoms with Crippen LogP contribution in [0.25, 0.3) is 0 Å². The number of carbonyl (C=O) groups is 3. The topological polar surface area (TPSA) is 97.6 Å². The van der Waals surface area contributed by atoms with Crippen LogP contribution >= 0.6 is 11.8 Å². The summed E-state index contributed by atoms with van der Waals surface area (Å²) in [5.74, 6) is 1.52. The molecule has 4 rings (SSSR count). The van der Waals surface area contributed by atoms with Gasteiger partial charge in [0.15, 0.2) is 5.78 Å². The molecule has 0 unspecified atom stereocenters. The third-order valence-electron chi connectivity index (χ3n) is 7.17. The average Bonchev–Trinajstić information content (AvgIpc) is 3.50. The van der Waals surface area contributed by atoms with Crippen LogP contribution < -0.4 is 10.6 Å². The molecule has 2 atom stereocenters. The van der Waals surface area contributed by atoms with Gasteiger partial charge in [-0.3, -0.25) is 9.59 Å². The maximum Gasteiger partial charge on any atom is 0.408 e. The Morgan fingerprint density at radius 2 is 1.55 bits per heavy atom. The van der Waals surface area contributed by atoms with Crippen LogP contribution in [0.5, 0.6) is 0 Å². The van der Waals surface area contributed by atoms with Crippen molar-refractivity contribution in [3.8, 4) is 0 Å². The van der Waals surface area contributed by atoms with E-state index in [1.54, 1.807) is 6.26 Å². The molecule has 0 aliphatic heterocycles. The molecule has 8 heteroatoms. The van der Waals surface area contributed by atoms with Crippen molar-refractivity contribution in [1.82, 2.24) is 10.6 Å². The Morgan fingerprint density at radius 1 is 0.850 bits per heavy atom. The molecule has 0 spiro atoms. The maximum absolute atomic E-state index is 13.6. The van der Waals surface area contributed by atoms with Crippen molar-refractivity contribution < 1.29 is 23.5 Å². The first-order chi connectivity index (χ1) is 19.6. The van der Waals surface area contributed by atoms with Crippen molar-refractivity contribution in [1.29, 1.82) is 0 Å². The minimum absolute atomic E-state index is 0.0724. The van der Waals surface area contributed by atoms with Crippen LogP contribution in [0, 0.1) is 5.92 Å². The van der Waals surface area contributed by atoms with Crippen molar-refractivity contribution >= 4 is 29.5 Å². The van der Waals surface area contributed by atoms with Crippen LogP contribution in [0.3, 0.4) is 0 Å². The van der Waals surface area contributed by atoms with Gasteiger partial charge < -0.3 is 19.8 Å². The monoisotopic (exact) mass is 562 g/mol. The highest BCUT2D eigenvalue weighted by Gasteiger charge is 2.30. The fourth-order valence-electron chi connectivity index (χ4n) is 5.01. The second kappa shape index (κ2) is 15.9. The molecule has 1 saturated carbocycles. The molecule has 0 radical (unpaired) electrons. The predicted molar refractivity (Wildman–Crippen MR) is 157 cm³/mol. The molecule has 2 amide bonds. The highest BCUT2D eigenvalue weighted by molar-refractivity contribution is 7.99. The molecule has 1 aromatic heterocycles. The molecule has 1 heterocycles. The van der Waals surface area contributed by atoms with Crippen molar-refractivity contribution in [2.24, 2.45) is 5.92 Å². The quantitative estimate of drug-likeness (QED) is 0.247. The lowest BCUT2D eigenvalue weighted by Crippen LogP contribution is -2.53. The van der Waals surface area contributed by atoms with Crippen LogP contribution in [0.2, 0.25) is 0 Å². The Labute approximate surface area is 240 Å². The molecule has 212 valence electrons. The van der Waals surface area contributed by atoms with Gasteiger partial charge in [-0.1, -0.05) is 92.8 Å². The lowest BCUT2D eigenvalue weighted by Gasteiger charge is -2.28. The minimum Gasteiger partial charge on any atom is -0.468 e. The molecule has 3 aromatic rings. The number of nitrogens with one attached hydrogen (secondary N) is 2. The number of hydrogen-bond donors (Lipinski definition) is 2. The summed E-state index contributed by atoms with van der Waals surface area (Å²) in [7, 11) is 0. The second-order valence-corrected chi connectivity index (χ2v) is 11.3. The Balaban J connectivity index is 1.41. The van der Waals surface area contributed by atoms with E-state index >= 15 is 0 Å². The van der Waals surface area contributed by atoms with Gasteiger partial charge in [0, 0.05) is 0 Å². The van der Waals surface area contributed by atoms with E-state index in [4.69, 9.17) is 9.15 Å². The van der Waals surface area contributed by atoms with E-state index in [9.17, 15) is 14.4 Å². The number of hydrogen-bond acceptors (Lipinski definition) is 6. The summed E-state index contributed by atoms with van der Waals surface area (Å²) in [5, 5.41) is 5.78. The van der Waals surface area contributed by atoms with E-state index in [1.165, 1.54) is 18.2 Å². The van der Waals surface area contributed by atoms with Crippen LogP contribution in [-0.2, 0) is 33.1 Å². The van der Waals surface area contributed by atoms with Crippen molar-refractivity contribution in [2.45, 2.75) is 69.4 Å². The summed E-state index contributed by atoms with van der Waals surface area (Å²) in [4.78, 5) is 39.7. The summed E-state index contributed by atoms with van der Waals surface area (Å²) in [6.07, 6.45) is 7.37. The maximum atomic E-state index is 13.6. The molecule has 0 saturated heterocycles. The Morgan fingerprint density at radius 3 is 2.23 bits per heavy atom. The lowest BCUT2D eigenvalue weighted by molar-refractivity contribution is -0.128. The van der Waals surface area contributed by atoms with Gasteiger partial charge in [-0.2, -0.15) is 0 Å². The van der Waals surface area contributed by atoms with Gasteiger partial charge in [0.25, 0.3) is 0 Å². The van der Waals surface area contributed by atoms with Crippen molar-refractivity contribution in [3.63, 3.8) is 0 Å². The summed E-state index contributed by atoms with van der Waals surface area (Å²) in [6.45, 7) is 0.118. The van der Waals surface area contributed by atoms with Gasteiger partial charge in [0.1, 0.15) is 18.4 Å². The number of benzene rings is 2. The minimum atomic E-state index is -0.784. The molecular formula is C32H38N2O5S. The standard InChI is InChI=1S/C32H38N2O5S/c35-30(23-40-22-27-17-10-18-38-27)28(19-24-11-4-1-5-12-24)33-31(36)29(20-25-13-6-2-7-14-25)34-32(37)39-21-26-15-8-3-9-16-26/h1,3-5,8-12,15-18,25,28-29H,2,6-7,13-14,19-23H2,(H,33,36)(H,34,37)/t28-,29-/m0/s1. The van der Waals surface area contributed by atoms with Crippen molar-refractivity contribution in [3.05, 3.63) is 95.9 Å². The SMILES string of the molecule is O=C(N[C@@H](CC1CCCCC1)C(=O)N[C@@H](Cc1ccccc1)C(=O)CSCc1ccco1)OCc1ccccc1. The summed E-state index contributed by atoms with van der Waals surface area (Å²) >= 11 is 1.45. The summed E-state index contributed by atoms with van der Waals surface area (Å²) < 4.78 is 10.8. The summed E-state index contributed by atoms with van der Waals surface area (Å²) in [6, 6.07) is 21.3. The number of carbonyl (C=O) groups excluding carboxylic acids is 3. The molecule has 1 aliphatic rings. The number of rotatable bonds is 14. The highest BCUT2D eigenvalue weighted by Crippen LogP contribution is 2.27. The normalized spacial score (nSPS) is 15.1. The Bertz CT molecular complexity index is 1180. The van der Waals surface area contributed by atoms with Crippen LogP contribution in [0.1, 0.15) is 55.4 Å². The lowest BCUT2D eigenvalue weighted by atomic mass is 9.84. The van der Waals surface area contributed by atoms with E-state index in [1.807, 2.05) is 72.8 Å². The van der Waals surface area contributed by atoms with E-state index < -0.39 is 18.2 Å². The molecule has 1 fully saturated rings. The fourth-order valence-corrected chi connectivity index (χ4v) is 5.88. The van der Waals surface area contributed by atoms with E-state index in [0.717, 1.165) is 42.6 Å². The second-order valence-electron chi connectivity index (χ2n) is 10.3. The van der Waals surface area contributed by atoms with Crippen LogP contribution in [0.15, 0.2) is 83.5 Å². The van der Waals surface area contributed by atoms with E-state index in [2.05, 4.69) is 10.6 Å². The van der Waals surface area contributed by atoms with E-state index in [0.29, 0.717) is 24.5 Å². The van der Waals surface area contributed by atoms with Crippen LogP contribution in [-0.4, -0.2) is 35.6 Å². The first-order valence-corrected chi connectivity index (χ1v) is 15.2. The van der Waals surface area contributed by atoms with Gasteiger partial charge in [0.05, 0.1) is 23.8 Å². The zero-order valence-corrected chi connectivity index (χ0v) is 23.6. The van der Waals surface area contributed by atoms with Gasteiger partial charge in [0.2, 0.25) is 5.91 Å². The molecule has 0 bridgehead atoms. The van der Waals surface area contributed by atoms with Gasteiger partial charge in [-0.05, 0) is 42.0 Å². The number of furan rings is 1.